The topological polar surface area (TPSA) is 93.2 Å². The van der Waals surface area contributed by atoms with Gasteiger partial charge in [0.25, 0.3) is 0 Å². The first-order valence-electron chi connectivity index (χ1n) is 6.50. The summed E-state index contributed by atoms with van der Waals surface area (Å²) in [6.07, 6.45) is 0.324. The van der Waals surface area contributed by atoms with Gasteiger partial charge in [0.1, 0.15) is 4.21 Å². The predicted molar refractivity (Wildman–Crippen MR) is 87.5 cm³/mol. The summed E-state index contributed by atoms with van der Waals surface area (Å²) in [6.45, 7) is 1.89. The van der Waals surface area contributed by atoms with E-state index in [2.05, 4.69) is 9.71 Å². The second kappa shape index (κ2) is 5.68. The van der Waals surface area contributed by atoms with E-state index in [1.54, 1.807) is 6.07 Å². The van der Waals surface area contributed by atoms with Crippen molar-refractivity contribution in [2.24, 2.45) is 0 Å². The molecular formula is C12H14N2O4S4. The van der Waals surface area contributed by atoms with Crippen LogP contribution < -0.4 is 4.72 Å². The molecule has 6 nitrogen and oxygen atoms in total. The van der Waals surface area contributed by atoms with E-state index in [-0.39, 0.29) is 15.7 Å². The first-order valence-corrected chi connectivity index (χ1v) is 11.5. The van der Waals surface area contributed by atoms with Gasteiger partial charge in [-0.15, -0.1) is 22.7 Å². The molecule has 1 atom stereocenters. The molecule has 2 aromatic heterocycles. The van der Waals surface area contributed by atoms with Crippen LogP contribution in [0, 0.1) is 6.92 Å². The molecule has 1 aliphatic rings. The summed E-state index contributed by atoms with van der Waals surface area (Å²) >= 11 is 2.64. The molecule has 3 heterocycles. The summed E-state index contributed by atoms with van der Waals surface area (Å²) in [5, 5.41) is 2.80. The number of sulfonamides is 1. The number of aryl methyl sites for hydroxylation is 1. The number of thiazole rings is 1. The van der Waals surface area contributed by atoms with Crippen LogP contribution in [0.15, 0.2) is 21.7 Å². The van der Waals surface area contributed by atoms with Gasteiger partial charge in [-0.1, -0.05) is 0 Å². The number of rotatable bonds is 4. The summed E-state index contributed by atoms with van der Waals surface area (Å²) in [6, 6.07) is 2.71. The normalized spacial score (nSPS) is 21.2. The summed E-state index contributed by atoms with van der Waals surface area (Å²) in [5.41, 5.74) is 0.761. The van der Waals surface area contributed by atoms with Gasteiger partial charge in [0.2, 0.25) is 10.0 Å². The summed E-state index contributed by atoms with van der Waals surface area (Å²) in [5.74, 6) is -0.0935. The smallest absolute Gasteiger partial charge is 0.241 e. The molecule has 0 amide bonds. The average Bonchev–Trinajstić information content (AvgIpc) is 3.09. The highest BCUT2D eigenvalue weighted by Gasteiger charge is 2.32. The standard InChI is InChI=1S/C12H14N2O4S4/c1-8-13-10(6-19-8)11-2-3-12(20-11)22(17,18)14-9-4-5-21(15,16)7-9/h2-3,6,9,14H,4-5,7H2,1H3/t9-/m0/s1. The molecular weight excluding hydrogens is 364 g/mol. The SMILES string of the molecule is Cc1nc(-c2ccc(S(=O)(=O)N[C@H]3CCS(=O)(=O)C3)s2)cs1. The van der Waals surface area contributed by atoms with E-state index in [1.807, 2.05) is 12.3 Å². The molecule has 3 rings (SSSR count). The molecule has 0 aromatic carbocycles. The van der Waals surface area contributed by atoms with Crippen LogP contribution in [0.4, 0.5) is 0 Å². The first-order chi connectivity index (χ1) is 10.3. The lowest BCUT2D eigenvalue weighted by Gasteiger charge is -2.09. The minimum Gasteiger partial charge on any atom is -0.241 e. The molecule has 10 heteroatoms. The fourth-order valence-corrected chi connectivity index (χ4v) is 7.26. The van der Waals surface area contributed by atoms with Crippen molar-refractivity contribution in [1.29, 1.82) is 0 Å². The van der Waals surface area contributed by atoms with Crippen LogP contribution in [0.3, 0.4) is 0 Å². The van der Waals surface area contributed by atoms with E-state index in [1.165, 1.54) is 17.4 Å². The highest BCUT2D eigenvalue weighted by atomic mass is 32.2. The van der Waals surface area contributed by atoms with Crippen molar-refractivity contribution in [3.05, 3.63) is 22.5 Å². The Morgan fingerprint density at radius 1 is 1.36 bits per heavy atom. The maximum atomic E-state index is 12.3. The van der Waals surface area contributed by atoms with E-state index in [4.69, 9.17) is 0 Å². The number of sulfone groups is 1. The average molecular weight is 379 g/mol. The molecule has 120 valence electrons. The van der Waals surface area contributed by atoms with Gasteiger partial charge in [0.15, 0.2) is 9.84 Å². The van der Waals surface area contributed by atoms with Crippen LogP contribution in [0.2, 0.25) is 0 Å². The van der Waals surface area contributed by atoms with Crippen molar-refractivity contribution in [1.82, 2.24) is 9.71 Å². The summed E-state index contributed by atoms with van der Waals surface area (Å²) in [4.78, 5) is 5.11. The lowest BCUT2D eigenvalue weighted by atomic mass is 10.3. The van der Waals surface area contributed by atoms with Gasteiger partial charge in [0, 0.05) is 11.4 Å². The number of aromatic nitrogens is 1. The quantitative estimate of drug-likeness (QED) is 0.873. The Bertz CT molecular complexity index is 895. The zero-order valence-electron chi connectivity index (χ0n) is 11.6. The van der Waals surface area contributed by atoms with Crippen molar-refractivity contribution >= 4 is 42.5 Å². The van der Waals surface area contributed by atoms with Crippen molar-refractivity contribution in [2.45, 2.75) is 23.6 Å². The fraction of sp³-hybridized carbons (Fsp3) is 0.417. The van der Waals surface area contributed by atoms with Crippen LogP contribution in [-0.2, 0) is 19.9 Å². The Morgan fingerprint density at radius 2 is 2.14 bits per heavy atom. The lowest BCUT2D eigenvalue weighted by Crippen LogP contribution is -2.35. The zero-order valence-corrected chi connectivity index (χ0v) is 14.9. The number of nitrogens with one attached hydrogen (secondary N) is 1. The molecule has 0 bridgehead atoms. The minimum absolute atomic E-state index is 0.0357. The third kappa shape index (κ3) is 3.40. The number of thiophene rings is 1. The molecule has 0 aliphatic carbocycles. The van der Waals surface area contributed by atoms with Crippen molar-refractivity contribution in [2.75, 3.05) is 11.5 Å². The molecule has 1 aliphatic heterocycles. The maximum Gasteiger partial charge on any atom is 0.250 e. The van der Waals surface area contributed by atoms with E-state index in [0.717, 1.165) is 26.9 Å². The second-order valence-corrected chi connectivity index (χ2v) is 11.4. The van der Waals surface area contributed by atoms with Crippen LogP contribution in [0.25, 0.3) is 10.6 Å². The Hall–Kier alpha value is -0.810. The Labute approximate surface area is 137 Å². The molecule has 1 N–H and O–H groups in total. The Kier molecular flexibility index (Phi) is 4.14. The van der Waals surface area contributed by atoms with Crippen LogP contribution in [0.1, 0.15) is 11.4 Å². The number of hydrogen-bond acceptors (Lipinski definition) is 7. The molecule has 1 saturated heterocycles. The second-order valence-electron chi connectivity index (χ2n) is 5.09. The van der Waals surface area contributed by atoms with E-state index >= 15 is 0 Å². The van der Waals surface area contributed by atoms with Gasteiger partial charge in [0.05, 0.1) is 27.1 Å². The molecule has 0 spiro atoms. The van der Waals surface area contributed by atoms with Gasteiger partial charge in [-0.3, -0.25) is 0 Å². The number of nitrogens with zero attached hydrogens (tertiary/aromatic N) is 1. The summed E-state index contributed by atoms with van der Waals surface area (Å²) < 4.78 is 50.2. The first kappa shape index (κ1) is 16.1. The van der Waals surface area contributed by atoms with E-state index in [9.17, 15) is 16.8 Å². The Balaban J connectivity index is 1.80. The molecule has 1 fully saturated rings. The third-order valence-electron chi connectivity index (χ3n) is 3.27. The van der Waals surface area contributed by atoms with Gasteiger partial charge in [-0.25, -0.2) is 26.5 Å². The fourth-order valence-electron chi connectivity index (χ4n) is 2.24. The van der Waals surface area contributed by atoms with E-state index in [0.29, 0.717) is 6.42 Å². The van der Waals surface area contributed by atoms with Gasteiger partial charge in [-0.2, -0.15) is 0 Å². The molecule has 0 unspecified atom stereocenters. The highest BCUT2D eigenvalue weighted by molar-refractivity contribution is 7.92. The van der Waals surface area contributed by atoms with Crippen molar-refractivity contribution < 1.29 is 16.8 Å². The van der Waals surface area contributed by atoms with Crippen molar-refractivity contribution in [3.8, 4) is 10.6 Å². The molecule has 22 heavy (non-hydrogen) atoms. The largest absolute Gasteiger partial charge is 0.250 e. The highest BCUT2D eigenvalue weighted by Crippen LogP contribution is 2.31. The zero-order chi connectivity index (χ0) is 16.0. The van der Waals surface area contributed by atoms with Crippen molar-refractivity contribution in [3.63, 3.8) is 0 Å². The van der Waals surface area contributed by atoms with E-state index < -0.39 is 25.9 Å². The predicted octanol–water partition coefficient (Wildman–Crippen LogP) is 1.65. The molecule has 2 aromatic rings. The van der Waals surface area contributed by atoms with Gasteiger partial charge in [-0.05, 0) is 25.5 Å². The monoisotopic (exact) mass is 378 g/mol. The lowest BCUT2D eigenvalue weighted by molar-refractivity contribution is 0.564. The van der Waals surface area contributed by atoms with Gasteiger partial charge >= 0.3 is 0 Å². The minimum atomic E-state index is -3.69. The molecule has 0 radical (unpaired) electrons. The van der Waals surface area contributed by atoms with Crippen LogP contribution in [-0.4, -0.2) is 39.4 Å². The Morgan fingerprint density at radius 3 is 2.73 bits per heavy atom. The molecule has 0 saturated carbocycles. The third-order valence-corrected chi connectivity index (χ3v) is 8.93. The van der Waals surface area contributed by atoms with Crippen LogP contribution in [0.5, 0.6) is 0 Å². The summed E-state index contributed by atoms with van der Waals surface area (Å²) in [7, 11) is -6.81. The van der Waals surface area contributed by atoms with Crippen LogP contribution >= 0.6 is 22.7 Å². The number of hydrogen-bond donors (Lipinski definition) is 1. The maximum absolute atomic E-state index is 12.3. The van der Waals surface area contributed by atoms with Gasteiger partial charge < -0.3 is 0 Å².